The summed E-state index contributed by atoms with van der Waals surface area (Å²) in [7, 11) is 0. The van der Waals surface area contributed by atoms with E-state index in [-0.39, 0.29) is 17.9 Å². The number of imide groups is 2. The number of ether oxygens (including phenoxy) is 1. The first kappa shape index (κ1) is 22.9. The summed E-state index contributed by atoms with van der Waals surface area (Å²) in [6, 6.07) is 18.4. The molecule has 3 aromatic rings. The van der Waals surface area contributed by atoms with Crippen LogP contribution in [0.5, 0.6) is 5.75 Å². The Kier molecular flexibility index (Phi) is 6.51. The van der Waals surface area contributed by atoms with Gasteiger partial charge in [0, 0.05) is 22.2 Å². The number of barbiturate groups is 1. The summed E-state index contributed by atoms with van der Waals surface area (Å²) in [6.07, 6.45) is 1.36. The van der Waals surface area contributed by atoms with E-state index in [1.54, 1.807) is 60.7 Å². The molecule has 0 bridgehead atoms. The van der Waals surface area contributed by atoms with Gasteiger partial charge in [-0.2, -0.15) is 0 Å². The highest BCUT2D eigenvalue weighted by atomic mass is 79.9. The Morgan fingerprint density at radius 3 is 2.38 bits per heavy atom. The number of carbonyl (C=O) groups is 3. The fourth-order valence-corrected chi connectivity index (χ4v) is 3.64. The first-order valence-electron chi connectivity index (χ1n) is 9.95. The lowest BCUT2D eigenvalue weighted by atomic mass is 10.1. The van der Waals surface area contributed by atoms with E-state index in [1.807, 2.05) is 0 Å². The molecule has 0 spiro atoms. The number of nitro groups is 1. The minimum absolute atomic E-state index is 0.0304. The van der Waals surface area contributed by atoms with Crippen LogP contribution in [0, 0.1) is 10.1 Å². The number of anilines is 1. The zero-order valence-corrected chi connectivity index (χ0v) is 19.0. The maximum atomic E-state index is 13.1. The standard InChI is InChI=1S/C24H16BrN3O6/c25-17-8-11-21(34-14-15-6-9-19(10-7-15)28(32)33)16(12-17)13-20-22(29)26-24(31)27(23(20)30)18-4-2-1-3-5-18/h1-13H,14H2,(H,26,29,31)/b20-13+. The molecule has 3 aromatic carbocycles. The van der Waals surface area contributed by atoms with E-state index in [9.17, 15) is 24.5 Å². The molecule has 0 aliphatic carbocycles. The highest BCUT2D eigenvalue weighted by Gasteiger charge is 2.36. The molecule has 4 amide bonds. The number of benzene rings is 3. The van der Waals surface area contributed by atoms with Gasteiger partial charge >= 0.3 is 6.03 Å². The molecule has 1 N–H and O–H groups in total. The Labute approximate surface area is 201 Å². The normalized spacial score (nSPS) is 14.8. The molecule has 0 saturated carbocycles. The summed E-state index contributed by atoms with van der Waals surface area (Å²) in [5.41, 5.74) is 1.18. The van der Waals surface area contributed by atoms with Crippen LogP contribution in [0.1, 0.15) is 11.1 Å². The van der Waals surface area contributed by atoms with Crippen molar-refractivity contribution in [2.45, 2.75) is 6.61 Å². The number of hydrogen-bond acceptors (Lipinski definition) is 6. The van der Waals surface area contributed by atoms with E-state index in [0.29, 0.717) is 27.0 Å². The van der Waals surface area contributed by atoms with Crippen LogP contribution < -0.4 is 15.0 Å². The number of nitrogens with zero attached hydrogens (tertiary/aromatic N) is 2. The third-order valence-corrected chi connectivity index (χ3v) is 5.42. The number of nitrogens with one attached hydrogen (secondary N) is 1. The van der Waals surface area contributed by atoms with Gasteiger partial charge in [-0.05, 0) is 54.1 Å². The summed E-state index contributed by atoms with van der Waals surface area (Å²) in [6.45, 7) is 0.102. The molecule has 0 radical (unpaired) electrons. The van der Waals surface area contributed by atoms with Crippen LogP contribution in [0.4, 0.5) is 16.2 Å². The maximum Gasteiger partial charge on any atom is 0.335 e. The van der Waals surface area contributed by atoms with E-state index >= 15 is 0 Å². The number of urea groups is 1. The largest absolute Gasteiger partial charge is 0.488 e. The molecule has 1 fully saturated rings. The minimum atomic E-state index is -0.831. The Morgan fingerprint density at radius 2 is 1.71 bits per heavy atom. The van der Waals surface area contributed by atoms with E-state index in [4.69, 9.17) is 4.74 Å². The van der Waals surface area contributed by atoms with Crippen LogP contribution in [0.15, 0.2) is 82.8 Å². The molecular weight excluding hydrogens is 506 g/mol. The van der Waals surface area contributed by atoms with Crippen LogP contribution in [0.3, 0.4) is 0 Å². The zero-order chi connectivity index (χ0) is 24.2. The van der Waals surface area contributed by atoms with Crippen molar-refractivity contribution in [2.24, 2.45) is 0 Å². The smallest absolute Gasteiger partial charge is 0.335 e. The van der Waals surface area contributed by atoms with Crippen LogP contribution in [0.2, 0.25) is 0 Å². The predicted octanol–water partition coefficient (Wildman–Crippen LogP) is 4.60. The zero-order valence-electron chi connectivity index (χ0n) is 17.4. The molecule has 9 nitrogen and oxygen atoms in total. The van der Waals surface area contributed by atoms with Crippen molar-refractivity contribution >= 4 is 51.2 Å². The Bertz CT molecular complexity index is 1320. The molecule has 1 aliphatic rings. The molecular formula is C24H16BrN3O6. The fraction of sp³-hybridized carbons (Fsp3) is 0.0417. The van der Waals surface area contributed by atoms with Gasteiger partial charge in [-0.15, -0.1) is 0 Å². The lowest BCUT2D eigenvalue weighted by Gasteiger charge is -2.26. The maximum absolute atomic E-state index is 13.1. The highest BCUT2D eigenvalue weighted by molar-refractivity contribution is 9.10. The van der Waals surface area contributed by atoms with Gasteiger partial charge in [0.1, 0.15) is 17.9 Å². The number of hydrogen-bond donors (Lipinski definition) is 1. The number of para-hydroxylation sites is 1. The second-order valence-electron chi connectivity index (χ2n) is 7.19. The van der Waals surface area contributed by atoms with Crippen molar-refractivity contribution in [1.29, 1.82) is 0 Å². The SMILES string of the molecule is O=C1NC(=O)N(c2ccccc2)C(=O)/C1=C/c1cc(Br)ccc1OCc1ccc([N+](=O)[O-])cc1. The van der Waals surface area contributed by atoms with Gasteiger partial charge in [0.05, 0.1) is 10.6 Å². The van der Waals surface area contributed by atoms with Gasteiger partial charge in [0.2, 0.25) is 0 Å². The number of amides is 4. The molecule has 0 aromatic heterocycles. The second kappa shape index (κ2) is 9.67. The topological polar surface area (TPSA) is 119 Å². The molecule has 1 aliphatic heterocycles. The lowest BCUT2D eigenvalue weighted by Crippen LogP contribution is -2.54. The molecule has 10 heteroatoms. The second-order valence-corrected chi connectivity index (χ2v) is 8.10. The third kappa shape index (κ3) is 4.86. The monoisotopic (exact) mass is 521 g/mol. The Balaban J connectivity index is 1.63. The van der Waals surface area contributed by atoms with Crippen molar-refractivity contribution < 1.29 is 24.0 Å². The van der Waals surface area contributed by atoms with E-state index in [0.717, 1.165) is 4.90 Å². The number of non-ortho nitro benzene ring substituents is 1. The van der Waals surface area contributed by atoms with Gasteiger partial charge in [-0.3, -0.25) is 25.0 Å². The highest BCUT2D eigenvalue weighted by Crippen LogP contribution is 2.29. The van der Waals surface area contributed by atoms with Gasteiger partial charge in [0.25, 0.3) is 17.5 Å². The van der Waals surface area contributed by atoms with Gasteiger partial charge in [-0.1, -0.05) is 34.1 Å². The summed E-state index contributed by atoms with van der Waals surface area (Å²) >= 11 is 3.37. The first-order valence-corrected chi connectivity index (χ1v) is 10.7. The molecule has 4 rings (SSSR count). The quantitative estimate of drug-likeness (QED) is 0.219. The average Bonchev–Trinajstić information content (AvgIpc) is 2.82. The summed E-state index contributed by atoms with van der Waals surface area (Å²) in [5.74, 6) is -1.21. The molecule has 170 valence electrons. The average molecular weight is 522 g/mol. The van der Waals surface area contributed by atoms with Crippen LogP contribution in [0.25, 0.3) is 6.08 Å². The summed E-state index contributed by atoms with van der Waals surface area (Å²) < 4.78 is 6.55. The Hall–Kier alpha value is -4.31. The van der Waals surface area contributed by atoms with Crippen molar-refractivity contribution in [3.63, 3.8) is 0 Å². The van der Waals surface area contributed by atoms with Crippen molar-refractivity contribution in [2.75, 3.05) is 4.90 Å². The molecule has 1 heterocycles. The van der Waals surface area contributed by atoms with E-state index in [2.05, 4.69) is 21.2 Å². The van der Waals surface area contributed by atoms with Crippen LogP contribution >= 0.6 is 15.9 Å². The lowest BCUT2D eigenvalue weighted by molar-refractivity contribution is -0.384. The molecule has 1 saturated heterocycles. The summed E-state index contributed by atoms with van der Waals surface area (Å²) in [5, 5.41) is 13.0. The van der Waals surface area contributed by atoms with Crippen molar-refractivity contribution in [3.8, 4) is 5.75 Å². The number of halogens is 1. The predicted molar refractivity (Wildman–Crippen MR) is 127 cm³/mol. The van der Waals surface area contributed by atoms with E-state index < -0.39 is 22.8 Å². The van der Waals surface area contributed by atoms with Gasteiger partial charge in [0.15, 0.2) is 0 Å². The summed E-state index contributed by atoms with van der Waals surface area (Å²) in [4.78, 5) is 49.1. The van der Waals surface area contributed by atoms with Crippen LogP contribution in [-0.4, -0.2) is 22.8 Å². The number of rotatable bonds is 6. The third-order valence-electron chi connectivity index (χ3n) is 4.93. The van der Waals surface area contributed by atoms with Gasteiger partial charge in [-0.25, -0.2) is 9.69 Å². The number of nitro benzene ring substituents is 1. The van der Waals surface area contributed by atoms with Gasteiger partial charge < -0.3 is 4.74 Å². The minimum Gasteiger partial charge on any atom is -0.488 e. The van der Waals surface area contributed by atoms with Crippen molar-refractivity contribution in [3.05, 3.63) is 104 Å². The molecule has 0 atom stereocenters. The first-order chi connectivity index (χ1) is 16.3. The van der Waals surface area contributed by atoms with Crippen LogP contribution in [-0.2, 0) is 16.2 Å². The van der Waals surface area contributed by atoms with E-state index in [1.165, 1.54) is 18.2 Å². The van der Waals surface area contributed by atoms with Crippen molar-refractivity contribution in [1.82, 2.24) is 5.32 Å². The Morgan fingerprint density at radius 1 is 1.00 bits per heavy atom. The number of carbonyl (C=O) groups excluding carboxylic acids is 3. The molecule has 0 unspecified atom stereocenters. The fourth-order valence-electron chi connectivity index (χ4n) is 3.26. The molecule has 34 heavy (non-hydrogen) atoms.